The Balaban J connectivity index is 1.25. The van der Waals surface area contributed by atoms with Crippen LogP contribution < -0.4 is 14.2 Å². The van der Waals surface area contributed by atoms with Crippen LogP contribution in [0.5, 0.6) is 17.2 Å². The molecule has 1 saturated carbocycles. The number of rotatable bonds is 11. The molecule has 0 radical (unpaired) electrons. The molecule has 0 bridgehead atoms. The van der Waals surface area contributed by atoms with Crippen LogP contribution >= 0.6 is 0 Å². The number of likely N-dealkylation sites (tertiary alicyclic amines) is 1. The van der Waals surface area contributed by atoms with Gasteiger partial charge in [0.1, 0.15) is 30.0 Å². The largest absolute Gasteiger partial charge is 0.497 e. The van der Waals surface area contributed by atoms with Gasteiger partial charge in [0, 0.05) is 12.6 Å². The Labute approximate surface area is 234 Å². The topological polar surface area (TPSA) is 34.2 Å². The van der Waals surface area contributed by atoms with Gasteiger partial charge in [0.25, 0.3) is 0 Å². The zero-order valence-electron chi connectivity index (χ0n) is 23.9. The first-order chi connectivity index (χ1) is 19.1. The van der Waals surface area contributed by atoms with Crippen molar-refractivity contribution in [2.45, 2.75) is 57.1 Å². The SMILES string of the molecule is COc1ccc(Cc2ccc(OC3CCCCC3N(C)C)cc2)c(-c2ccc(OCCN3CCCC3)cc2)c1. The third kappa shape index (κ3) is 7.34. The highest BCUT2D eigenvalue weighted by atomic mass is 16.5. The smallest absolute Gasteiger partial charge is 0.119 e. The molecule has 0 spiro atoms. The molecular weight excluding hydrogens is 484 g/mol. The van der Waals surface area contributed by atoms with Crippen molar-refractivity contribution in [1.82, 2.24) is 9.80 Å². The van der Waals surface area contributed by atoms with Crippen LogP contribution in [0, 0.1) is 0 Å². The molecule has 39 heavy (non-hydrogen) atoms. The predicted molar refractivity (Wildman–Crippen MR) is 159 cm³/mol. The lowest BCUT2D eigenvalue weighted by Gasteiger charge is -2.36. The van der Waals surface area contributed by atoms with E-state index in [9.17, 15) is 0 Å². The van der Waals surface area contributed by atoms with Gasteiger partial charge in [-0.3, -0.25) is 4.90 Å². The van der Waals surface area contributed by atoms with Crippen LogP contribution in [-0.2, 0) is 6.42 Å². The fourth-order valence-corrected chi connectivity index (χ4v) is 6.02. The van der Waals surface area contributed by atoms with Crippen molar-refractivity contribution in [1.29, 1.82) is 0 Å². The number of methoxy groups -OCH3 is 1. The van der Waals surface area contributed by atoms with E-state index in [0.29, 0.717) is 6.04 Å². The van der Waals surface area contributed by atoms with E-state index in [4.69, 9.17) is 14.2 Å². The van der Waals surface area contributed by atoms with Crippen LogP contribution in [0.1, 0.15) is 49.7 Å². The minimum atomic E-state index is 0.264. The van der Waals surface area contributed by atoms with Crippen LogP contribution in [0.15, 0.2) is 66.7 Å². The summed E-state index contributed by atoms with van der Waals surface area (Å²) in [6.45, 7) is 4.14. The highest BCUT2D eigenvalue weighted by Crippen LogP contribution is 2.32. The summed E-state index contributed by atoms with van der Waals surface area (Å²) in [5.74, 6) is 2.76. The number of ether oxygens (including phenoxy) is 3. The summed E-state index contributed by atoms with van der Waals surface area (Å²) in [5.41, 5.74) is 4.90. The Morgan fingerprint density at radius 2 is 1.49 bits per heavy atom. The van der Waals surface area contributed by atoms with Gasteiger partial charge in [-0.15, -0.1) is 0 Å². The first-order valence-electron chi connectivity index (χ1n) is 14.6. The van der Waals surface area contributed by atoms with E-state index in [-0.39, 0.29) is 6.10 Å². The standard InChI is InChI=1S/C34H44N2O3/c1-35(2)33-8-4-5-9-34(33)39-30-15-10-26(11-16-30)24-28-14-19-31(37-3)25-32(28)27-12-17-29(18-13-27)38-23-22-36-20-6-7-21-36/h10-19,25,33-34H,4-9,20-24H2,1-3H3. The first kappa shape index (κ1) is 27.5. The molecule has 2 atom stereocenters. The molecule has 0 N–H and O–H groups in total. The molecule has 208 valence electrons. The van der Waals surface area contributed by atoms with Crippen molar-refractivity contribution in [2.24, 2.45) is 0 Å². The average molecular weight is 529 g/mol. The van der Waals surface area contributed by atoms with Crippen molar-refractivity contribution >= 4 is 0 Å². The van der Waals surface area contributed by atoms with Crippen molar-refractivity contribution in [2.75, 3.05) is 47.4 Å². The second-order valence-corrected chi connectivity index (χ2v) is 11.2. The Morgan fingerprint density at radius 3 is 2.21 bits per heavy atom. The molecule has 0 aromatic heterocycles. The van der Waals surface area contributed by atoms with Gasteiger partial charge >= 0.3 is 0 Å². The maximum absolute atomic E-state index is 6.45. The zero-order chi connectivity index (χ0) is 27.0. The molecule has 3 aromatic carbocycles. The molecule has 1 heterocycles. The Hall–Kier alpha value is -3.02. The number of nitrogens with zero attached hydrogens (tertiary/aromatic N) is 2. The molecule has 1 aliphatic carbocycles. The molecule has 2 fully saturated rings. The number of benzene rings is 3. The van der Waals surface area contributed by atoms with Crippen molar-refractivity contribution in [3.63, 3.8) is 0 Å². The molecular formula is C34H44N2O3. The molecule has 5 nitrogen and oxygen atoms in total. The lowest BCUT2D eigenvalue weighted by atomic mass is 9.91. The summed E-state index contributed by atoms with van der Waals surface area (Å²) in [5, 5.41) is 0. The van der Waals surface area contributed by atoms with Crippen LogP contribution in [0.3, 0.4) is 0 Å². The molecule has 1 saturated heterocycles. The van der Waals surface area contributed by atoms with Crippen molar-refractivity contribution < 1.29 is 14.2 Å². The second kappa shape index (κ2) is 13.4. The lowest BCUT2D eigenvalue weighted by molar-refractivity contribution is 0.0622. The van der Waals surface area contributed by atoms with Gasteiger partial charge in [-0.1, -0.05) is 36.8 Å². The van der Waals surface area contributed by atoms with Crippen LogP contribution in [0.4, 0.5) is 0 Å². The predicted octanol–water partition coefficient (Wildman–Crippen LogP) is 6.68. The second-order valence-electron chi connectivity index (χ2n) is 11.2. The molecule has 2 aliphatic rings. The zero-order valence-corrected chi connectivity index (χ0v) is 23.9. The minimum absolute atomic E-state index is 0.264. The fraction of sp³-hybridized carbons (Fsp3) is 0.471. The quantitative estimate of drug-likeness (QED) is 0.277. The van der Waals surface area contributed by atoms with Gasteiger partial charge in [-0.25, -0.2) is 0 Å². The van der Waals surface area contributed by atoms with Gasteiger partial charge in [0.05, 0.1) is 7.11 Å². The fourth-order valence-electron chi connectivity index (χ4n) is 6.02. The van der Waals surface area contributed by atoms with Crippen LogP contribution in [-0.4, -0.2) is 69.4 Å². The highest BCUT2D eigenvalue weighted by molar-refractivity contribution is 5.70. The third-order valence-corrected chi connectivity index (χ3v) is 8.29. The van der Waals surface area contributed by atoms with Crippen molar-refractivity contribution in [3.05, 3.63) is 77.9 Å². The maximum Gasteiger partial charge on any atom is 0.119 e. The minimum Gasteiger partial charge on any atom is -0.497 e. The molecule has 5 rings (SSSR count). The van der Waals surface area contributed by atoms with Gasteiger partial charge in [0.15, 0.2) is 0 Å². The highest BCUT2D eigenvalue weighted by Gasteiger charge is 2.28. The Kier molecular flexibility index (Phi) is 9.44. The van der Waals surface area contributed by atoms with E-state index in [1.807, 2.05) is 0 Å². The summed E-state index contributed by atoms with van der Waals surface area (Å²) < 4.78 is 18.1. The summed E-state index contributed by atoms with van der Waals surface area (Å²) in [6.07, 6.45) is 8.61. The monoisotopic (exact) mass is 528 g/mol. The van der Waals surface area contributed by atoms with E-state index >= 15 is 0 Å². The lowest BCUT2D eigenvalue weighted by Crippen LogP contribution is -2.44. The molecule has 0 amide bonds. The van der Waals surface area contributed by atoms with E-state index in [2.05, 4.69) is 90.6 Å². The summed E-state index contributed by atoms with van der Waals surface area (Å²) in [7, 11) is 6.05. The van der Waals surface area contributed by atoms with E-state index in [1.165, 1.54) is 67.4 Å². The van der Waals surface area contributed by atoms with Gasteiger partial charge in [0.2, 0.25) is 0 Å². The van der Waals surface area contributed by atoms with Gasteiger partial charge < -0.3 is 19.1 Å². The third-order valence-electron chi connectivity index (χ3n) is 8.29. The van der Waals surface area contributed by atoms with Crippen molar-refractivity contribution in [3.8, 4) is 28.4 Å². The van der Waals surface area contributed by atoms with Gasteiger partial charge in [-0.2, -0.15) is 0 Å². The van der Waals surface area contributed by atoms with E-state index < -0.39 is 0 Å². The molecule has 1 aliphatic heterocycles. The summed E-state index contributed by atoms with van der Waals surface area (Å²) >= 11 is 0. The van der Waals surface area contributed by atoms with E-state index in [0.717, 1.165) is 43.2 Å². The first-order valence-corrected chi connectivity index (χ1v) is 14.6. The Morgan fingerprint density at radius 1 is 0.795 bits per heavy atom. The summed E-state index contributed by atoms with van der Waals surface area (Å²) in [6, 6.07) is 24.0. The molecule has 2 unspecified atom stereocenters. The van der Waals surface area contributed by atoms with Crippen LogP contribution in [0.2, 0.25) is 0 Å². The average Bonchev–Trinajstić information content (AvgIpc) is 3.49. The molecule has 5 heteroatoms. The number of likely N-dealkylation sites (N-methyl/N-ethyl adjacent to an activating group) is 1. The maximum atomic E-state index is 6.45. The van der Waals surface area contributed by atoms with Crippen LogP contribution in [0.25, 0.3) is 11.1 Å². The number of hydrogen-bond acceptors (Lipinski definition) is 5. The normalized spacial score (nSPS) is 19.8. The number of hydrogen-bond donors (Lipinski definition) is 0. The Bertz CT molecular complexity index is 1170. The summed E-state index contributed by atoms with van der Waals surface area (Å²) in [4.78, 5) is 4.79. The van der Waals surface area contributed by atoms with Gasteiger partial charge in [-0.05, 0) is 124 Å². The van der Waals surface area contributed by atoms with E-state index in [1.54, 1.807) is 7.11 Å². The molecule has 3 aromatic rings.